The number of nitrogens with zero attached hydrogens (tertiary/aromatic N) is 2. The van der Waals surface area contributed by atoms with Crippen LogP contribution in [0.3, 0.4) is 0 Å². The summed E-state index contributed by atoms with van der Waals surface area (Å²) >= 11 is 0. The molecule has 0 unspecified atom stereocenters. The van der Waals surface area contributed by atoms with E-state index in [1.807, 2.05) is 36.1 Å². The minimum absolute atomic E-state index is 0.0920. The third-order valence-corrected chi connectivity index (χ3v) is 4.56. The first kappa shape index (κ1) is 18.8. The van der Waals surface area contributed by atoms with E-state index in [1.54, 1.807) is 0 Å². The number of H-pyrrole nitrogens is 2. The summed E-state index contributed by atoms with van der Waals surface area (Å²) in [6, 6.07) is 7.68. The minimum atomic E-state index is -0.495. The third kappa shape index (κ3) is 5.27. The Morgan fingerprint density at radius 2 is 2.07 bits per heavy atom. The maximum absolute atomic E-state index is 12.3. The summed E-state index contributed by atoms with van der Waals surface area (Å²) in [6.45, 7) is 4.28. The Morgan fingerprint density at radius 3 is 2.78 bits per heavy atom. The van der Waals surface area contributed by atoms with Crippen molar-refractivity contribution >= 4 is 11.8 Å². The third-order valence-electron chi connectivity index (χ3n) is 4.56. The Morgan fingerprint density at radius 1 is 1.30 bits per heavy atom. The SMILES string of the molecule is Cc1ccc(CN2CCNC(=O)[C@@H]2CC(=O)NCCc2n[nH]c(=O)[nH]2)cc1. The number of rotatable bonds is 7. The van der Waals surface area contributed by atoms with Crippen LogP contribution in [0.1, 0.15) is 23.4 Å². The van der Waals surface area contributed by atoms with E-state index in [0.717, 1.165) is 5.56 Å². The van der Waals surface area contributed by atoms with Crippen LogP contribution in [0.5, 0.6) is 0 Å². The molecule has 3 rings (SSSR count). The van der Waals surface area contributed by atoms with Crippen LogP contribution in [0.25, 0.3) is 0 Å². The molecular weight excluding hydrogens is 348 g/mol. The van der Waals surface area contributed by atoms with Crippen LogP contribution in [0, 0.1) is 6.92 Å². The van der Waals surface area contributed by atoms with Gasteiger partial charge in [-0.1, -0.05) is 29.8 Å². The number of aromatic amines is 2. The summed E-state index contributed by atoms with van der Waals surface area (Å²) in [5, 5.41) is 11.7. The van der Waals surface area contributed by atoms with Crippen molar-refractivity contribution in [1.82, 2.24) is 30.7 Å². The lowest BCUT2D eigenvalue weighted by Gasteiger charge is -2.34. The molecule has 4 N–H and O–H groups in total. The van der Waals surface area contributed by atoms with Crippen molar-refractivity contribution in [2.75, 3.05) is 19.6 Å². The zero-order valence-corrected chi connectivity index (χ0v) is 15.2. The maximum Gasteiger partial charge on any atom is 0.340 e. The van der Waals surface area contributed by atoms with Crippen molar-refractivity contribution in [3.8, 4) is 0 Å². The van der Waals surface area contributed by atoms with E-state index in [1.165, 1.54) is 5.56 Å². The molecule has 1 fully saturated rings. The number of carbonyl (C=O) groups excluding carboxylic acids is 2. The highest BCUT2D eigenvalue weighted by Crippen LogP contribution is 2.14. The normalized spacial score (nSPS) is 17.5. The number of carbonyl (C=O) groups is 2. The molecule has 2 aromatic rings. The van der Waals surface area contributed by atoms with Gasteiger partial charge in [0.2, 0.25) is 11.8 Å². The molecule has 1 aliphatic heterocycles. The van der Waals surface area contributed by atoms with Gasteiger partial charge >= 0.3 is 5.69 Å². The van der Waals surface area contributed by atoms with Crippen LogP contribution in [-0.4, -0.2) is 57.6 Å². The van der Waals surface area contributed by atoms with Gasteiger partial charge in [-0.05, 0) is 12.5 Å². The number of nitrogens with one attached hydrogen (secondary N) is 4. The van der Waals surface area contributed by atoms with E-state index in [4.69, 9.17) is 0 Å². The number of hydrogen-bond acceptors (Lipinski definition) is 5. The molecule has 2 amide bonds. The van der Waals surface area contributed by atoms with Crippen LogP contribution >= 0.6 is 0 Å². The quantitative estimate of drug-likeness (QED) is 0.520. The first-order chi connectivity index (χ1) is 13.0. The molecule has 2 heterocycles. The van der Waals surface area contributed by atoms with E-state index >= 15 is 0 Å². The first-order valence-corrected chi connectivity index (χ1v) is 8.99. The summed E-state index contributed by atoms with van der Waals surface area (Å²) < 4.78 is 0. The van der Waals surface area contributed by atoms with E-state index in [-0.39, 0.29) is 23.9 Å². The number of benzene rings is 1. The van der Waals surface area contributed by atoms with Gasteiger partial charge in [-0.2, -0.15) is 5.10 Å². The highest BCUT2D eigenvalue weighted by molar-refractivity contribution is 5.88. The second-order valence-electron chi connectivity index (χ2n) is 6.69. The van der Waals surface area contributed by atoms with Crippen LogP contribution in [-0.2, 0) is 22.6 Å². The van der Waals surface area contributed by atoms with Crippen LogP contribution < -0.4 is 16.3 Å². The van der Waals surface area contributed by atoms with Crippen molar-refractivity contribution < 1.29 is 9.59 Å². The van der Waals surface area contributed by atoms with Crippen LogP contribution in [0.2, 0.25) is 0 Å². The summed E-state index contributed by atoms with van der Waals surface area (Å²) in [6.07, 6.45) is 0.503. The van der Waals surface area contributed by atoms with Gasteiger partial charge in [0, 0.05) is 32.6 Å². The molecule has 1 saturated heterocycles. The fourth-order valence-electron chi connectivity index (χ4n) is 3.09. The molecule has 9 heteroatoms. The van der Waals surface area contributed by atoms with E-state index in [9.17, 15) is 14.4 Å². The zero-order valence-electron chi connectivity index (χ0n) is 15.2. The fourth-order valence-corrected chi connectivity index (χ4v) is 3.09. The van der Waals surface area contributed by atoms with Crippen molar-refractivity contribution in [2.24, 2.45) is 0 Å². The van der Waals surface area contributed by atoms with Gasteiger partial charge in [0.1, 0.15) is 5.82 Å². The smallest absolute Gasteiger partial charge is 0.340 e. The second-order valence-corrected chi connectivity index (χ2v) is 6.69. The van der Waals surface area contributed by atoms with Gasteiger partial charge in [0.05, 0.1) is 12.5 Å². The Balaban J connectivity index is 1.54. The summed E-state index contributed by atoms with van der Waals surface area (Å²) in [7, 11) is 0. The van der Waals surface area contributed by atoms with Gasteiger partial charge in [-0.15, -0.1) is 0 Å². The number of piperazine rings is 1. The highest BCUT2D eigenvalue weighted by atomic mass is 16.2. The minimum Gasteiger partial charge on any atom is -0.356 e. The predicted molar refractivity (Wildman–Crippen MR) is 98.9 cm³/mol. The molecule has 1 aromatic carbocycles. The van der Waals surface area contributed by atoms with Crippen LogP contribution in [0.4, 0.5) is 0 Å². The van der Waals surface area contributed by atoms with Crippen molar-refractivity contribution in [3.05, 3.63) is 51.7 Å². The average molecular weight is 372 g/mol. The Hall–Kier alpha value is -2.94. The molecule has 1 atom stereocenters. The molecule has 1 aliphatic rings. The molecule has 9 nitrogen and oxygen atoms in total. The summed E-state index contributed by atoms with van der Waals surface area (Å²) in [5.41, 5.74) is 1.93. The number of hydrogen-bond donors (Lipinski definition) is 4. The molecule has 27 heavy (non-hydrogen) atoms. The molecule has 0 saturated carbocycles. The number of aromatic nitrogens is 3. The van der Waals surface area contributed by atoms with Crippen molar-refractivity contribution in [3.63, 3.8) is 0 Å². The van der Waals surface area contributed by atoms with Crippen molar-refractivity contribution in [2.45, 2.75) is 32.4 Å². The van der Waals surface area contributed by atoms with Gasteiger partial charge in [0.15, 0.2) is 0 Å². The van der Waals surface area contributed by atoms with Gasteiger partial charge in [-0.3, -0.25) is 19.5 Å². The lowest BCUT2D eigenvalue weighted by molar-refractivity contribution is -0.134. The summed E-state index contributed by atoms with van der Waals surface area (Å²) in [5.74, 6) is 0.153. The largest absolute Gasteiger partial charge is 0.356 e. The Bertz CT molecular complexity index is 841. The molecular formula is C18H24N6O3. The van der Waals surface area contributed by atoms with Gasteiger partial charge < -0.3 is 10.6 Å². The van der Waals surface area contributed by atoms with Gasteiger partial charge in [-0.25, -0.2) is 9.89 Å². The maximum atomic E-state index is 12.3. The predicted octanol–water partition coefficient (Wildman–Crippen LogP) is -0.544. The molecule has 1 aromatic heterocycles. The standard InChI is InChI=1S/C18H24N6O3/c1-12-2-4-13(5-3-12)11-24-9-8-20-17(26)14(24)10-16(25)19-7-6-15-21-18(27)23-22-15/h2-5,14H,6-11H2,1H3,(H,19,25)(H,20,26)(H2,21,22,23,27)/t14-/m0/s1. The molecule has 0 spiro atoms. The van der Waals surface area contributed by atoms with Crippen LogP contribution in [0.15, 0.2) is 29.1 Å². The lowest BCUT2D eigenvalue weighted by atomic mass is 10.1. The highest BCUT2D eigenvalue weighted by Gasteiger charge is 2.31. The topological polar surface area (TPSA) is 123 Å². The van der Waals surface area contributed by atoms with E-state index < -0.39 is 6.04 Å². The van der Waals surface area contributed by atoms with E-state index in [0.29, 0.717) is 38.4 Å². The monoisotopic (exact) mass is 372 g/mol. The van der Waals surface area contributed by atoms with Crippen molar-refractivity contribution in [1.29, 1.82) is 0 Å². The summed E-state index contributed by atoms with van der Waals surface area (Å²) in [4.78, 5) is 40.1. The second kappa shape index (κ2) is 8.63. The molecule has 144 valence electrons. The molecule has 0 aliphatic carbocycles. The average Bonchev–Trinajstić information content (AvgIpc) is 3.05. The van der Waals surface area contributed by atoms with Gasteiger partial charge in [0.25, 0.3) is 0 Å². The fraction of sp³-hybridized carbons (Fsp3) is 0.444. The first-order valence-electron chi connectivity index (χ1n) is 8.99. The number of aryl methyl sites for hydroxylation is 1. The number of amides is 2. The molecule has 0 bridgehead atoms. The molecule has 0 radical (unpaired) electrons. The Labute approximate surface area is 156 Å². The van der Waals surface area contributed by atoms with E-state index in [2.05, 4.69) is 25.8 Å². The zero-order chi connectivity index (χ0) is 19.2. The lowest BCUT2D eigenvalue weighted by Crippen LogP contribution is -2.56. The Kier molecular flexibility index (Phi) is 6.02.